The van der Waals surface area contributed by atoms with E-state index in [1.54, 1.807) is 4.68 Å². The van der Waals surface area contributed by atoms with Crippen LogP contribution in [-0.2, 0) is 22.8 Å². The second-order valence-electron chi connectivity index (χ2n) is 8.87. The van der Waals surface area contributed by atoms with Gasteiger partial charge < -0.3 is 10.1 Å². The molecule has 1 aromatic carbocycles. The van der Waals surface area contributed by atoms with Gasteiger partial charge in [-0.05, 0) is 25.5 Å². The number of H-pyrrole nitrogens is 1. The first-order valence-corrected chi connectivity index (χ1v) is 11.9. The molecule has 1 spiro atoms. The summed E-state index contributed by atoms with van der Waals surface area (Å²) in [6.45, 7) is 1.85. The van der Waals surface area contributed by atoms with E-state index in [-0.39, 0.29) is 17.6 Å². The molecule has 0 unspecified atom stereocenters. The van der Waals surface area contributed by atoms with Crippen molar-refractivity contribution in [3.8, 4) is 0 Å². The van der Waals surface area contributed by atoms with Crippen LogP contribution in [0.3, 0.4) is 0 Å². The predicted octanol–water partition coefficient (Wildman–Crippen LogP) is 4.75. The van der Waals surface area contributed by atoms with Crippen molar-refractivity contribution < 1.29 is 13.5 Å². The van der Waals surface area contributed by atoms with E-state index < -0.39 is 18.1 Å². The van der Waals surface area contributed by atoms with E-state index in [2.05, 4.69) is 25.8 Å². The number of hydrogen-bond acceptors (Lipinski definition) is 6. The highest BCUT2D eigenvalue weighted by atomic mass is 35.5. The number of nitrogens with one attached hydrogen (secondary N) is 2. The second-order valence-corrected chi connectivity index (χ2v) is 10.5. The lowest BCUT2D eigenvalue weighted by molar-refractivity contribution is -0.183. The fraction of sp³-hybridized carbons (Fsp3) is 0.409. The van der Waals surface area contributed by atoms with Crippen molar-refractivity contribution in [2.24, 2.45) is 0 Å². The lowest BCUT2D eigenvalue weighted by atomic mass is 9.78. The van der Waals surface area contributed by atoms with E-state index in [9.17, 15) is 8.78 Å². The smallest absolute Gasteiger partial charge is 0.297 e. The van der Waals surface area contributed by atoms with Gasteiger partial charge in [-0.3, -0.25) is 5.10 Å². The first kappa shape index (κ1) is 21.2. The summed E-state index contributed by atoms with van der Waals surface area (Å²) in [5.74, 6) is -3.04. The Hall–Kier alpha value is -2.40. The van der Waals surface area contributed by atoms with E-state index >= 15 is 0 Å². The van der Waals surface area contributed by atoms with Crippen LogP contribution in [0.2, 0.25) is 4.34 Å². The summed E-state index contributed by atoms with van der Waals surface area (Å²) < 4.78 is 37.1. The van der Waals surface area contributed by atoms with Crippen molar-refractivity contribution in [2.75, 3.05) is 6.61 Å². The number of aromatic nitrogens is 5. The Labute approximate surface area is 197 Å². The maximum Gasteiger partial charge on any atom is 0.297 e. The molecule has 172 valence electrons. The fourth-order valence-corrected chi connectivity index (χ4v) is 6.49. The van der Waals surface area contributed by atoms with Gasteiger partial charge in [0, 0.05) is 28.3 Å². The highest BCUT2D eigenvalue weighted by Crippen LogP contribution is 2.54. The van der Waals surface area contributed by atoms with Crippen LogP contribution in [0.4, 0.5) is 8.78 Å². The lowest BCUT2D eigenvalue weighted by Gasteiger charge is -2.47. The van der Waals surface area contributed by atoms with Crippen LogP contribution in [-0.4, -0.2) is 37.8 Å². The van der Waals surface area contributed by atoms with Crippen molar-refractivity contribution in [3.05, 3.63) is 62.7 Å². The van der Waals surface area contributed by atoms with E-state index in [0.717, 1.165) is 22.3 Å². The number of nitrogens with zero attached hydrogens (tertiary/aromatic N) is 4. The standard InChI is InChI=1S/C22H21ClF2N6OS/c1-12-7-21(20-14(6-19(23)33-20)22(24,25)11-32-21)8-16(26-12)18-10-31(30-29-18)9-17-13-4-2-3-5-15(13)27-28-17/h2-6,10,12,16,26H,7-9,11H2,1H3,(H,27,28)/t12-,16-,21-/m0/s1. The Morgan fingerprint density at radius 2 is 2.15 bits per heavy atom. The summed E-state index contributed by atoms with van der Waals surface area (Å²) in [5.41, 5.74) is 1.75. The van der Waals surface area contributed by atoms with Crippen LogP contribution >= 0.6 is 22.9 Å². The van der Waals surface area contributed by atoms with Crippen LogP contribution in [0.25, 0.3) is 10.9 Å². The first-order chi connectivity index (χ1) is 15.8. The molecule has 2 N–H and O–H groups in total. The first-order valence-electron chi connectivity index (χ1n) is 10.7. The highest BCUT2D eigenvalue weighted by molar-refractivity contribution is 7.16. The van der Waals surface area contributed by atoms with E-state index in [4.69, 9.17) is 16.3 Å². The number of thiophene rings is 1. The lowest BCUT2D eigenvalue weighted by Crippen LogP contribution is -2.51. The molecule has 6 rings (SSSR count). The van der Waals surface area contributed by atoms with Crippen LogP contribution in [0.1, 0.15) is 47.6 Å². The van der Waals surface area contributed by atoms with Crippen LogP contribution in [0, 0.1) is 0 Å². The monoisotopic (exact) mass is 490 g/mol. The van der Waals surface area contributed by atoms with Gasteiger partial charge in [-0.2, -0.15) is 13.9 Å². The number of piperidine rings is 1. The molecule has 5 heterocycles. The molecule has 1 saturated heterocycles. The topological polar surface area (TPSA) is 80.7 Å². The van der Waals surface area contributed by atoms with E-state index in [1.165, 1.54) is 17.4 Å². The summed E-state index contributed by atoms with van der Waals surface area (Å²) >= 11 is 7.35. The molecule has 4 aromatic rings. The molecule has 0 saturated carbocycles. The van der Waals surface area contributed by atoms with Gasteiger partial charge in [-0.15, -0.1) is 16.4 Å². The van der Waals surface area contributed by atoms with Crippen molar-refractivity contribution in [3.63, 3.8) is 0 Å². The van der Waals surface area contributed by atoms with Crippen molar-refractivity contribution >= 4 is 33.8 Å². The molecule has 2 aliphatic rings. The Balaban J connectivity index is 1.29. The third-order valence-electron chi connectivity index (χ3n) is 6.47. The summed E-state index contributed by atoms with van der Waals surface area (Å²) in [6, 6.07) is 9.14. The number of benzene rings is 1. The normalized spacial score (nSPS) is 26.7. The number of fused-ring (bicyclic) bond motifs is 3. The minimum Gasteiger partial charge on any atom is -0.363 e. The predicted molar refractivity (Wildman–Crippen MR) is 121 cm³/mol. The van der Waals surface area contributed by atoms with Crippen molar-refractivity contribution in [2.45, 2.75) is 49.9 Å². The number of rotatable bonds is 3. The van der Waals surface area contributed by atoms with Crippen LogP contribution < -0.4 is 5.32 Å². The van der Waals surface area contributed by atoms with Gasteiger partial charge in [0.25, 0.3) is 5.92 Å². The van der Waals surface area contributed by atoms with Crippen LogP contribution in [0.5, 0.6) is 0 Å². The number of para-hydroxylation sites is 1. The minimum atomic E-state index is -3.04. The number of alkyl halides is 2. The summed E-state index contributed by atoms with van der Waals surface area (Å²) in [5, 5.41) is 20.7. The zero-order valence-corrected chi connectivity index (χ0v) is 19.3. The van der Waals surface area contributed by atoms with Gasteiger partial charge in [0.1, 0.15) is 12.2 Å². The van der Waals surface area contributed by atoms with E-state index in [1.807, 2.05) is 37.4 Å². The molecule has 0 bridgehead atoms. The molecule has 2 aliphatic heterocycles. The average Bonchev–Trinajstić information content (AvgIpc) is 3.51. The van der Waals surface area contributed by atoms with Crippen LogP contribution in [0.15, 0.2) is 36.5 Å². The maximum atomic E-state index is 14.5. The quantitative estimate of drug-likeness (QED) is 0.433. The molecule has 3 aromatic heterocycles. The molecule has 0 aliphatic carbocycles. The SMILES string of the molecule is C[C@H]1C[C@@]2(C[C@@H](c3cn(Cc4n[nH]c5ccccc45)nn3)N1)OCC(F)(F)c1cc(Cl)sc12. The molecular weight excluding hydrogens is 470 g/mol. The van der Waals surface area contributed by atoms with Crippen molar-refractivity contribution in [1.82, 2.24) is 30.5 Å². The Morgan fingerprint density at radius 1 is 1.30 bits per heavy atom. The third-order valence-corrected chi connectivity index (χ3v) is 7.92. The largest absolute Gasteiger partial charge is 0.363 e. The second kappa shape index (κ2) is 7.56. The van der Waals surface area contributed by atoms with Gasteiger partial charge in [0.15, 0.2) is 0 Å². The molecule has 0 radical (unpaired) electrons. The number of hydrogen-bond donors (Lipinski definition) is 2. The maximum absolute atomic E-state index is 14.5. The van der Waals surface area contributed by atoms with Crippen molar-refractivity contribution in [1.29, 1.82) is 0 Å². The van der Waals surface area contributed by atoms with Gasteiger partial charge >= 0.3 is 0 Å². The molecule has 11 heteroatoms. The average molecular weight is 491 g/mol. The zero-order chi connectivity index (χ0) is 22.8. The number of halogens is 3. The highest BCUT2D eigenvalue weighted by Gasteiger charge is 2.53. The molecule has 1 fully saturated rings. The summed E-state index contributed by atoms with van der Waals surface area (Å²) in [4.78, 5) is 0.525. The molecule has 3 atom stereocenters. The van der Waals surface area contributed by atoms with Gasteiger partial charge in [0.05, 0.1) is 40.0 Å². The Bertz CT molecular complexity index is 1340. The fourth-order valence-electron chi connectivity index (χ4n) is 5.05. The third kappa shape index (κ3) is 3.56. The molecule has 33 heavy (non-hydrogen) atoms. The molecule has 0 amide bonds. The number of ether oxygens (including phenoxy) is 1. The minimum absolute atomic E-state index is 0.00864. The van der Waals surface area contributed by atoms with Gasteiger partial charge in [0.2, 0.25) is 0 Å². The van der Waals surface area contributed by atoms with Gasteiger partial charge in [-0.25, -0.2) is 4.68 Å². The Morgan fingerprint density at radius 3 is 3.03 bits per heavy atom. The number of aromatic amines is 1. The summed E-state index contributed by atoms with van der Waals surface area (Å²) in [7, 11) is 0. The summed E-state index contributed by atoms with van der Waals surface area (Å²) in [6.07, 6.45) is 2.94. The van der Waals surface area contributed by atoms with Gasteiger partial charge in [-0.1, -0.05) is 35.0 Å². The Kier molecular flexibility index (Phi) is 4.84. The molecular formula is C22H21ClF2N6OS. The zero-order valence-electron chi connectivity index (χ0n) is 17.7. The van der Waals surface area contributed by atoms with E-state index in [0.29, 0.717) is 28.6 Å². The molecule has 7 nitrogen and oxygen atoms in total.